The van der Waals surface area contributed by atoms with Crippen LogP contribution in [0, 0.1) is 5.92 Å². The summed E-state index contributed by atoms with van der Waals surface area (Å²) in [4.78, 5) is 14.4. The number of hydrogen-bond donors (Lipinski definition) is 1. The molecule has 1 fully saturated rings. The Labute approximate surface area is 277 Å². The Morgan fingerprint density at radius 2 is 1.68 bits per heavy atom. The van der Waals surface area contributed by atoms with Gasteiger partial charge in [-0.25, -0.2) is 0 Å². The molecular weight excluding hydrogens is 603 g/mol. The molecule has 2 aromatic carbocycles. The van der Waals surface area contributed by atoms with Gasteiger partial charge < -0.3 is 14.8 Å². The van der Waals surface area contributed by atoms with Crippen molar-refractivity contribution in [2.75, 3.05) is 4.90 Å². The third-order valence-corrected chi connectivity index (χ3v) is 8.38. The zero-order chi connectivity index (χ0) is 34.7. The molecule has 2 aromatic heterocycles. The molecule has 0 bridgehead atoms. The predicted molar refractivity (Wildman–Crippen MR) is 181 cm³/mol. The van der Waals surface area contributed by atoms with E-state index in [1.165, 1.54) is 30.2 Å². The van der Waals surface area contributed by atoms with E-state index in [4.69, 9.17) is 0 Å². The average molecular weight is 654 g/mol. The molecule has 0 radical (unpaired) electrons. The Kier molecular flexibility index (Phi) is 13.7. The first-order chi connectivity index (χ1) is 22.7. The molecule has 47 heavy (non-hydrogen) atoms. The van der Waals surface area contributed by atoms with Crippen LogP contribution in [0.1, 0.15) is 118 Å². The number of carbonyl (C=O) groups is 1. The summed E-state index contributed by atoms with van der Waals surface area (Å²) in [5.74, 6) is 1.61. The maximum Gasteiger partial charge on any atom is 0.416 e. The van der Waals surface area contributed by atoms with E-state index < -0.39 is 23.7 Å². The van der Waals surface area contributed by atoms with Crippen LogP contribution in [-0.4, -0.2) is 30.5 Å². The first-order valence-electron chi connectivity index (χ1n) is 16.9. The summed E-state index contributed by atoms with van der Waals surface area (Å²) in [6.07, 6.45) is 4.25. The average Bonchev–Trinajstić information content (AvgIpc) is 3.87. The summed E-state index contributed by atoms with van der Waals surface area (Å²) >= 11 is 0. The fourth-order valence-corrected chi connectivity index (χ4v) is 5.74. The molecule has 1 unspecified atom stereocenters. The van der Waals surface area contributed by atoms with Gasteiger partial charge in [0, 0.05) is 43.4 Å². The zero-order valence-electron chi connectivity index (χ0n) is 29.0. The molecule has 0 saturated heterocycles. The number of fused-ring (bicyclic) bond motifs is 2. The largest absolute Gasteiger partial charge is 0.416 e. The van der Waals surface area contributed by atoms with Gasteiger partial charge >= 0.3 is 6.18 Å². The van der Waals surface area contributed by atoms with Crippen LogP contribution in [0.3, 0.4) is 0 Å². The molecule has 4 heterocycles. The normalized spacial score (nSPS) is 15.3. The molecule has 7 rings (SSSR count). The van der Waals surface area contributed by atoms with Crippen molar-refractivity contribution in [3.05, 3.63) is 94.3 Å². The minimum atomic E-state index is -4.56. The number of carbonyl (C=O) groups excluding carboxylic acids is 1. The second-order valence-corrected chi connectivity index (χ2v) is 11.0. The highest BCUT2D eigenvalue weighted by molar-refractivity contribution is 6.10. The number of alkyl halides is 3. The first-order valence-corrected chi connectivity index (χ1v) is 16.9. The van der Waals surface area contributed by atoms with Gasteiger partial charge in [-0.05, 0) is 48.2 Å². The molecular formula is C36H50F3N7O. The van der Waals surface area contributed by atoms with E-state index in [0.717, 1.165) is 29.4 Å². The zero-order valence-corrected chi connectivity index (χ0v) is 29.0. The maximum absolute atomic E-state index is 13.9. The first kappa shape index (κ1) is 37.5. The molecule has 0 spiro atoms. The summed E-state index contributed by atoms with van der Waals surface area (Å²) in [6, 6.07) is 11.1. The lowest BCUT2D eigenvalue weighted by Crippen LogP contribution is -2.22. The number of aromatic nitrogens is 5. The van der Waals surface area contributed by atoms with Crippen LogP contribution in [0.2, 0.25) is 0 Å². The standard InChI is InChI=1S/C22H19F3N4O.C8H13N3.3C2H6/c1-13(29-20-11-26-9-15(20)10-27-29)14-7-17-18(19(8-14)22(23,24)25)12-28(21(17)30)16-5-3-2-4-6-16;1-11-6-9-10-8(11)5-7-3-2-4-7;3*1-2/h2-8,10,13,26H,9,11-12H2,1H3;6-7H,2-5H2,1H3;3*1-2H3. The minimum Gasteiger partial charge on any atom is -0.321 e. The smallest absolute Gasteiger partial charge is 0.321 e. The lowest BCUT2D eigenvalue weighted by atomic mass is 9.83. The molecule has 1 aliphatic carbocycles. The van der Waals surface area contributed by atoms with Gasteiger partial charge in [0.05, 0.1) is 30.0 Å². The summed E-state index contributed by atoms with van der Waals surface area (Å²) in [5, 5.41) is 15.5. The van der Waals surface area contributed by atoms with E-state index >= 15 is 0 Å². The van der Waals surface area contributed by atoms with Crippen molar-refractivity contribution in [3.63, 3.8) is 0 Å². The van der Waals surface area contributed by atoms with Crippen molar-refractivity contribution in [3.8, 4) is 0 Å². The monoisotopic (exact) mass is 653 g/mol. The van der Waals surface area contributed by atoms with Gasteiger partial charge in [-0.3, -0.25) is 9.48 Å². The Bertz CT molecular complexity index is 1560. The number of benzene rings is 2. The maximum atomic E-state index is 13.9. The number of halogens is 3. The van der Waals surface area contributed by atoms with E-state index in [1.54, 1.807) is 53.6 Å². The van der Waals surface area contributed by atoms with Crippen LogP contribution in [-0.2, 0) is 39.3 Å². The number of nitrogens with one attached hydrogen (secondary N) is 1. The Morgan fingerprint density at radius 3 is 2.26 bits per heavy atom. The van der Waals surface area contributed by atoms with E-state index in [2.05, 4.69) is 20.6 Å². The highest BCUT2D eigenvalue weighted by Crippen LogP contribution is 2.41. The molecule has 1 atom stereocenters. The van der Waals surface area contributed by atoms with Crippen LogP contribution in [0.15, 0.2) is 55.0 Å². The summed E-state index contributed by atoms with van der Waals surface area (Å²) < 4.78 is 45.6. The molecule has 3 aliphatic rings. The summed E-state index contributed by atoms with van der Waals surface area (Å²) in [5.41, 5.74) is 2.39. The van der Waals surface area contributed by atoms with Crippen molar-refractivity contribution < 1.29 is 18.0 Å². The Balaban J connectivity index is 0.000000294. The molecule has 1 N–H and O–H groups in total. The SMILES string of the molecule is CC.CC.CC.CC(c1cc2c(c(C(F)(F)F)c1)CN(c1ccccc1)C2=O)n1ncc2c1CNC2.Cn1cnnc1CC1CCC1. The van der Waals surface area contributed by atoms with Crippen LogP contribution in [0.5, 0.6) is 0 Å². The van der Waals surface area contributed by atoms with Crippen molar-refractivity contribution in [2.24, 2.45) is 13.0 Å². The van der Waals surface area contributed by atoms with Crippen LogP contribution in [0.4, 0.5) is 18.9 Å². The van der Waals surface area contributed by atoms with Gasteiger partial charge in [0.2, 0.25) is 0 Å². The Morgan fingerprint density at radius 1 is 1.00 bits per heavy atom. The third-order valence-electron chi connectivity index (χ3n) is 8.38. The number of nitrogens with zero attached hydrogens (tertiary/aromatic N) is 6. The molecule has 4 aromatic rings. The topological polar surface area (TPSA) is 80.9 Å². The molecule has 1 saturated carbocycles. The van der Waals surface area contributed by atoms with Crippen LogP contribution < -0.4 is 10.2 Å². The van der Waals surface area contributed by atoms with Gasteiger partial charge in [-0.1, -0.05) is 79.0 Å². The fraction of sp³-hybridized carbons (Fsp3) is 0.500. The van der Waals surface area contributed by atoms with Gasteiger partial charge in [0.25, 0.3) is 5.91 Å². The molecule has 11 heteroatoms. The van der Waals surface area contributed by atoms with Crippen molar-refractivity contribution in [1.82, 2.24) is 29.9 Å². The van der Waals surface area contributed by atoms with E-state index in [1.807, 2.05) is 60.1 Å². The second-order valence-electron chi connectivity index (χ2n) is 11.0. The van der Waals surface area contributed by atoms with E-state index in [9.17, 15) is 18.0 Å². The predicted octanol–water partition coefficient (Wildman–Crippen LogP) is 8.51. The van der Waals surface area contributed by atoms with Gasteiger partial charge in [-0.2, -0.15) is 18.3 Å². The number of amides is 1. The lowest BCUT2D eigenvalue weighted by Gasteiger charge is -2.24. The highest BCUT2D eigenvalue weighted by Gasteiger charge is 2.41. The van der Waals surface area contributed by atoms with E-state index in [-0.39, 0.29) is 17.7 Å². The van der Waals surface area contributed by atoms with E-state index in [0.29, 0.717) is 24.3 Å². The molecule has 2 aliphatic heterocycles. The molecule has 256 valence electrons. The number of hydrogen-bond acceptors (Lipinski definition) is 5. The minimum absolute atomic E-state index is 0.0275. The van der Waals surface area contributed by atoms with Crippen molar-refractivity contribution >= 4 is 11.6 Å². The van der Waals surface area contributed by atoms with Crippen LogP contribution >= 0.6 is 0 Å². The number of para-hydroxylation sites is 1. The Hall–Kier alpha value is -3.99. The van der Waals surface area contributed by atoms with Gasteiger partial charge in [0.15, 0.2) is 0 Å². The molecule has 8 nitrogen and oxygen atoms in total. The van der Waals surface area contributed by atoms with Gasteiger partial charge in [-0.15, -0.1) is 10.2 Å². The molecule has 1 amide bonds. The third kappa shape index (κ3) is 8.49. The number of aryl methyl sites for hydroxylation is 1. The van der Waals surface area contributed by atoms with Crippen molar-refractivity contribution in [2.45, 2.75) is 106 Å². The fourth-order valence-electron chi connectivity index (χ4n) is 5.74. The lowest BCUT2D eigenvalue weighted by molar-refractivity contribution is -0.138. The number of anilines is 1. The van der Waals surface area contributed by atoms with Crippen molar-refractivity contribution in [1.29, 1.82) is 0 Å². The quantitative estimate of drug-likeness (QED) is 0.234. The number of rotatable bonds is 5. The van der Waals surface area contributed by atoms with Crippen LogP contribution in [0.25, 0.3) is 0 Å². The highest BCUT2D eigenvalue weighted by atomic mass is 19.4. The van der Waals surface area contributed by atoms with Gasteiger partial charge in [0.1, 0.15) is 12.2 Å². The summed E-state index contributed by atoms with van der Waals surface area (Å²) in [6.45, 7) is 15.0. The second kappa shape index (κ2) is 17.2. The summed E-state index contributed by atoms with van der Waals surface area (Å²) in [7, 11) is 2.01.